The number of aromatic nitrogens is 2. The van der Waals surface area contributed by atoms with Gasteiger partial charge in [0.2, 0.25) is 5.91 Å². The molecule has 5 nitrogen and oxygen atoms in total. The maximum absolute atomic E-state index is 13.0. The fourth-order valence-corrected chi connectivity index (χ4v) is 3.41. The SMILES string of the molecule is CN(C)SNCc1cn(C(=O)C(C)(C)C)c2cc(-c3ccncc3)ccc12. The fraction of sp³-hybridized carbons (Fsp3) is 0.333. The maximum atomic E-state index is 13.0. The Labute approximate surface area is 165 Å². The van der Waals surface area contributed by atoms with Crippen molar-refractivity contribution in [3.05, 3.63) is 54.5 Å². The molecule has 0 spiro atoms. The van der Waals surface area contributed by atoms with E-state index in [-0.39, 0.29) is 5.91 Å². The first-order valence-corrected chi connectivity index (χ1v) is 9.71. The van der Waals surface area contributed by atoms with E-state index < -0.39 is 5.41 Å². The van der Waals surface area contributed by atoms with Gasteiger partial charge in [-0.1, -0.05) is 32.9 Å². The van der Waals surface area contributed by atoms with Gasteiger partial charge in [0.15, 0.2) is 0 Å². The summed E-state index contributed by atoms with van der Waals surface area (Å²) < 4.78 is 7.14. The van der Waals surface area contributed by atoms with E-state index >= 15 is 0 Å². The lowest BCUT2D eigenvalue weighted by Gasteiger charge is -2.18. The largest absolute Gasteiger partial charge is 0.286 e. The molecular formula is C21H26N4OS. The molecule has 0 radical (unpaired) electrons. The molecule has 0 aliphatic rings. The Hall–Kier alpha value is -2.15. The molecule has 1 aromatic carbocycles. The van der Waals surface area contributed by atoms with Gasteiger partial charge in [0.25, 0.3) is 0 Å². The molecule has 1 N–H and O–H groups in total. The zero-order valence-electron chi connectivity index (χ0n) is 16.5. The minimum atomic E-state index is -0.457. The van der Waals surface area contributed by atoms with Gasteiger partial charge in [-0.3, -0.25) is 14.3 Å². The second-order valence-electron chi connectivity index (χ2n) is 7.77. The predicted octanol–water partition coefficient (Wildman–Crippen LogP) is 4.60. The minimum Gasteiger partial charge on any atom is -0.286 e. The summed E-state index contributed by atoms with van der Waals surface area (Å²) >= 11 is 1.54. The van der Waals surface area contributed by atoms with E-state index in [4.69, 9.17) is 0 Å². The average Bonchev–Trinajstić information content (AvgIpc) is 2.98. The van der Waals surface area contributed by atoms with Gasteiger partial charge in [-0.2, -0.15) is 0 Å². The van der Waals surface area contributed by atoms with Gasteiger partial charge < -0.3 is 0 Å². The van der Waals surface area contributed by atoms with E-state index in [2.05, 4.69) is 27.9 Å². The van der Waals surface area contributed by atoms with Gasteiger partial charge in [-0.15, -0.1) is 0 Å². The van der Waals surface area contributed by atoms with Crippen molar-refractivity contribution in [1.82, 2.24) is 18.6 Å². The van der Waals surface area contributed by atoms with Gasteiger partial charge >= 0.3 is 0 Å². The summed E-state index contributed by atoms with van der Waals surface area (Å²) in [6, 6.07) is 10.3. The minimum absolute atomic E-state index is 0.0888. The van der Waals surface area contributed by atoms with Crippen LogP contribution in [-0.2, 0) is 6.54 Å². The number of benzene rings is 1. The third-order valence-electron chi connectivity index (χ3n) is 4.27. The number of carbonyl (C=O) groups is 1. The molecule has 0 aliphatic heterocycles. The normalized spacial score (nSPS) is 12.1. The Morgan fingerprint density at radius 2 is 1.85 bits per heavy atom. The van der Waals surface area contributed by atoms with E-state index in [9.17, 15) is 4.79 Å². The molecule has 0 aliphatic carbocycles. The van der Waals surface area contributed by atoms with Crippen LogP contribution in [0.3, 0.4) is 0 Å². The van der Waals surface area contributed by atoms with Gasteiger partial charge in [-0.25, -0.2) is 9.03 Å². The number of hydrogen-bond donors (Lipinski definition) is 1. The summed E-state index contributed by atoms with van der Waals surface area (Å²) in [6.45, 7) is 6.54. The summed E-state index contributed by atoms with van der Waals surface area (Å²) in [7, 11) is 3.98. The zero-order valence-corrected chi connectivity index (χ0v) is 17.3. The van der Waals surface area contributed by atoms with E-state index in [0.29, 0.717) is 6.54 Å². The number of carbonyl (C=O) groups excluding carboxylic acids is 1. The van der Waals surface area contributed by atoms with E-state index in [1.807, 2.05) is 57.5 Å². The topological polar surface area (TPSA) is 50.2 Å². The molecule has 0 saturated carbocycles. The van der Waals surface area contributed by atoms with Crippen LogP contribution in [-0.4, -0.2) is 33.9 Å². The second-order valence-corrected chi connectivity index (χ2v) is 8.97. The number of rotatable bonds is 5. The Balaban J connectivity index is 2.08. The van der Waals surface area contributed by atoms with Crippen molar-refractivity contribution < 1.29 is 4.79 Å². The predicted molar refractivity (Wildman–Crippen MR) is 113 cm³/mol. The van der Waals surface area contributed by atoms with Crippen molar-refractivity contribution in [1.29, 1.82) is 0 Å². The lowest BCUT2D eigenvalue weighted by Crippen LogP contribution is -2.26. The van der Waals surface area contributed by atoms with Gasteiger partial charge in [0.1, 0.15) is 0 Å². The van der Waals surface area contributed by atoms with Crippen molar-refractivity contribution in [3.63, 3.8) is 0 Å². The van der Waals surface area contributed by atoms with Crippen LogP contribution in [0.4, 0.5) is 0 Å². The molecule has 3 aromatic rings. The van der Waals surface area contributed by atoms with Crippen LogP contribution in [0.1, 0.15) is 31.1 Å². The molecule has 3 rings (SSSR count). The van der Waals surface area contributed by atoms with Gasteiger partial charge in [0.05, 0.1) is 5.52 Å². The zero-order chi connectivity index (χ0) is 19.6. The Morgan fingerprint density at radius 3 is 2.48 bits per heavy atom. The van der Waals surface area contributed by atoms with E-state index in [0.717, 1.165) is 27.6 Å². The third kappa shape index (κ3) is 4.40. The molecule has 2 aromatic heterocycles. The highest BCUT2D eigenvalue weighted by molar-refractivity contribution is 7.95. The van der Waals surface area contributed by atoms with Crippen LogP contribution in [0.5, 0.6) is 0 Å². The van der Waals surface area contributed by atoms with E-state index in [1.54, 1.807) is 29.1 Å². The first-order chi connectivity index (χ1) is 12.8. The number of fused-ring (bicyclic) bond motifs is 1. The van der Waals surface area contributed by atoms with Crippen LogP contribution in [0.2, 0.25) is 0 Å². The quantitative estimate of drug-likeness (QED) is 0.653. The molecule has 0 bridgehead atoms. The second kappa shape index (κ2) is 7.84. The molecular weight excluding hydrogens is 356 g/mol. The monoisotopic (exact) mass is 382 g/mol. The number of hydrogen-bond acceptors (Lipinski definition) is 5. The molecule has 2 heterocycles. The van der Waals surface area contributed by atoms with Crippen molar-refractivity contribution >= 4 is 28.9 Å². The van der Waals surface area contributed by atoms with Crippen molar-refractivity contribution in [2.45, 2.75) is 27.3 Å². The lowest BCUT2D eigenvalue weighted by atomic mass is 9.95. The molecule has 0 fully saturated rings. The van der Waals surface area contributed by atoms with Crippen molar-refractivity contribution in [2.75, 3.05) is 14.1 Å². The summed E-state index contributed by atoms with van der Waals surface area (Å²) in [6.07, 6.45) is 5.54. The van der Waals surface area contributed by atoms with Crippen molar-refractivity contribution in [2.24, 2.45) is 5.41 Å². The third-order valence-corrected chi connectivity index (χ3v) is 4.91. The summed E-state index contributed by atoms with van der Waals surface area (Å²) in [5.74, 6) is 0.0888. The molecule has 0 unspecified atom stereocenters. The summed E-state index contributed by atoms with van der Waals surface area (Å²) in [4.78, 5) is 17.1. The highest BCUT2D eigenvalue weighted by Crippen LogP contribution is 2.30. The first-order valence-electron chi connectivity index (χ1n) is 8.93. The Bertz CT molecular complexity index is 942. The average molecular weight is 383 g/mol. The molecule has 0 amide bonds. The van der Waals surface area contributed by atoms with Crippen LogP contribution < -0.4 is 4.72 Å². The van der Waals surface area contributed by atoms with Crippen LogP contribution in [0.15, 0.2) is 48.9 Å². The summed E-state index contributed by atoms with van der Waals surface area (Å²) in [5.41, 5.74) is 3.76. The molecule has 27 heavy (non-hydrogen) atoms. The van der Waals surface area contributed by atoms with Crippen LogP contribution in [0.25, 0.3) is 22.0 Å². The van der Waals surface area contributed by atoms with Gasteiger partial charge in [0, 0.05) is 48.1 Å². The first kappa shape index (κ1) is 19.6. The smallest absolute Gasteiger partial charge is 0.236 e. The highest BCUT2D eigenvalue weighted by atomic mass is 32.2. The van der Waals surface area contributed by atoms with Crippen molar-refractivity contribution in [3.8, 4) is 11.1 Å². The highest BCUT2D eigenvalue weighted by Gasteiger charge is 2.25. The summed E-state index contributed by atoms with van der Waals surface area (Å²) in [5, 5.41) is 1.09. The lowest BCUT2D eigenvalue weighted by molar-refractivity contribution is 0.0772. The standard InChI is InChI=1S/C21H26N4OS/c1-21(2,3)20(26)25-14-17(13-23-27-24(4)5)18-7-6-16(12-19(18)25)15-8-10-22-11-9-15/h6-12,14,23H,13H2,1-5H3. The Kier molecular flexibility index (Phi) is 5.69. The van der Waals surface area contributed by atoms with Gasteiger partial charge in [-0.05, 0) is 49.0 Å². The number of pyridine rings is 1. The van der Waals surface area contributed by atoms with Crippen LogP contribution in [0, 0.1) is 5.41 Å². The molecule has 0 saturated heterocycles. The molecule has 6 heteroatoms. The maximum Gasteiger partial charge on any atom is 0.236 e. The van der Waals surface area contributed by atoms with E-state index in [1.165, 1.54) is 0 Å². The number of nitrogens with one attached hydrogen (secondary N) is 1. The fourth-order valence-electron chi connectivity index (χ4n) is 2.93. The van der Waals surface area contributed by atoms with Crippen LogP contribution >= 0.6 is 12.1 Å². The Morgan fingerprint density at radius 1 is 1.15 bits per heavy atom. The number of nitrogens with zero attached hydrogens (tertiary/aromatic N) is 3. The molecule has 142 valence electrons. The molecule has 0 atom stereocenters.